The third-order valence-corrected chi connectivity index (χ3v) is 7.66. The number of amides is 1. The molecule has 1 saturated heterocycles. The molecule has 2 aromatic heterocycles. The SMILES string of the molecule is Cc1c(C(=O)NC2CCN(Cc3ccccc3)C2)sc2nc3n(c(=O)c12)CCCCC3. The first-order valence-corrected chi connectivity index (χ1v) is 12.0. The van der Waals surface area contributed by atoms with Crippen molar-refractivity contribution in [2.45, 2.75) is 58.2 Å². The zero-order valence-electron chi connectivity index (χ0n) is 17.9. The topological polar surface area (TPSA) is 67.2 Å². The second kappa shape index (κ2) is 8.55. The minimum absolute atomic E-state index is 0.0182. The lowest BCUT2D eigenvalue weighted by Gasteiger charge is -2.16. The number of carbonyl (C=O) groups excluding carboxylic acids is 1. The first kappa shape index (κ1) is 20.4. The molecule has 0 saturated carbocycles. The molecule has 7 heteroatoms. The van der Waals surface area contributed by atoms with Crippen LogP contribution in [0.3, 0.4) is 0 Å². The Kier molecular flexibility index (Phi) is 5.63. The van der Waals surface area contributed by atoms with E-state index in [4.69, 9.17) is 4.98 Å². The van der Waals surface area contributed by atoms with E-state index in [9.17, 15) is 9.59 Å². The first-order chi connectivity index (χ1) is 15.1. The van der Waals surface area contributed by atoms with Gasteiger partial charge in [-0.15, -0.1) is 11.3 Å². The summed E-state index contributed by atoms with van der Waals surface area (Å²) in [6, 6.07) is 10.6. The van der Waals surface area contributed by atoms with Crippen molar-refractivity contribution in [3.63, 3.8) is 0 Å². The minimum atomic E-state index is -0.0772. The monoisotopic (exact) mass is 436 g/mol. The van der Waals surface area contributed by atoms with Gasteiger partial charge >= 0.3 is 0 Å². The maximum Gasteiger partial charge on any atom is 0.262 e. The number of fused-ring (bicyclic) bond motifs is 2. The predicted octanol–water partition coefficient (Wildman–Crippen LogP) is 3.50. The third-order valence-electron chi connectivity index (χ3n) is 6.47. The Morgan fingerprint density at radius 3 is 2.87 bits per heavy atom. The highest BCUT2D eigenvalue weighted by Crippen LogP contribution is 2.28. The fraction of sp³-hybridized carbons (Fsp3) is 0.458. The summed E-state index contributed by atoms with van der Waals surface area (Å²) in [5, 5.41) is 3.83. The lowest BCUT2D eigenvalue weighted by molar-refractivity contribution is 0.0941. The fourth-order valence-corrected chi connectivity index (χ4v) is 5.91. The van der Waals surface area contributed by atoms with Gasteiger partial charge in [0.2, 0.25) is 0 Å². The van der Waals surface area contributed by atoms with Gasteiger partial charge in [-0.2, -0.15) is 0 Å². The minimum Gasteiger partial charge on any atom is -0.347 e. The number of likely N-dealkylation sites (tertiary alicyclic amines) is 1. The van der Waals surface area contributed by atoms with Crippen LogP contribution in [0, 0.1) is 6.92 Å². The Balaban J connectivity index is 1.33. The molecule has 0 spiro atoms. The highest BCUT2D eigenvalue weighted by molar-refractivity contribution is 7.20. The van der Waals surface area contributed by atoms with Crippen molar-refractivity contribution in [1.29, 1.82) is 0 Å². The highest BCUT2D eigenvalue weighted by atomic mass is 32.1. The number of hydrogen-bond donors (Lipinski definition) is 1. The van der Waals surface area contributed by atoms with Crippen LogP contribution < -0.4 is 10.9 Å². The van der Waals surface area contributed by atoms with Crippen molar-refractivity contribution in [3.05, 3.63) is 62.5 Å². The quantitative estimate of drug-likeness (QED) is 0.680. The summed E-state index contributed by atoms with van der Waals surface area (Å²) in [7, 11) is 0. The van der Waals surface area contributed by atoms with Crippen LogP contribution in [0.4, 0.5) is 0 Å². The van der Waals surface area contributed by atoms with Gasteiger partial charge in [0.1, 0.15) is 10.7 Å². The van der Waals surface area contributed by atoms with Gasteiger partial charge in [0.15, 0.2) is 0 Å². The highest BCUT2D eigenvalue weighted by Gasteiger charge is 2.27. The molecule has 1 atom stereocenters. The summed E-state index contributed by atoms with van der Waals surface area (Å²) in [5.41, 5.74) is 2.08. The second-order valence-electron chi connectivity index (χ2n) is 8.71. The molecule has 6 nitrogen and oxygen atoms in total. The number of benzene rings is 1. The van der Waals surface area contributed by atoms with Crippen molar-refractivity contribution in [2.24, 2.45) is 0 Å². The maximum absolute atomic E-state index is 13.1. The van der Waals surface area contributed by atoms with Crippen LogP contribution in [0.25, 0.3) is 10.2 Å². The van der Waals surface area contributed by atoms with Crippen molar-refractivity contribution in [3.8, 4) is 0 Å². The van der Waals surface area contributed by atoms with E-state index in [1.165, 1.54) is 16.9 Å². The van der Waals surface area contributed by atoms with Crippen molar-refractivity contribution in [2.75, 3.05) is 13.1 Å². The lowest BCUT2D eigenvalue weighted by Crippen LogP contribution is -2.36. The zero-order valence-corrected chi connectivity index (χ0v) is 18.7. The van der Waals surface area contributed by atoms with Gasteiger partial charge in [-0.25, -0.2) is 4.98 Å². The molecule has 0 aliphatic carbocycles. The molecule has 1 fully saturated rings. The molecule has 4 heterocycles. The number of nitrogens with zero attached hydrogens (tertiary/aromatic N) is 3. The molecule has 3 aromatic rings. The van der Waals surface area contributed by atoms with E-state index in [0.29, 0.717) is 15.1 Å². The number of hydrogen-bond acceptors (Lipinski definition) is 5. The van der Waals surface area contributed by atoms with Gasteiger partial charge in [-0.3, -0.25) is 19.1 Å². The lowest BCUT2D eigenvalue weighted by atomic mass is 10.2. The number of nitrogens with one attached hydrogen (secondary N) is 1. The largest absolute Gasteiger partial charge is 0.347 e. The van der Waals surface area contributed by atoms with Gasteiger partial charge in [-0.1, -0.05) is 36.8 Å². The maximum atomic E-state index is 13.1. The molecule has 2 aliphatic rings. The molecule has 0 bridgehead atoms. The van der Waals surface area contributed by atoms with E-state index < -0.39 is 0 Å². The standard InChI is InChI=1S/C24H28N4O2S/c1-16-20-23(26-19-10-6-3-7-12-28(19)24(20)30)31-21(16)22(29)25-18-11-13-27(15-18)14-17-8-4-2-5-9-17/h2,4-5,8-9,18H,3,6-7,10-15H2,1H3,(H,25,29). The first-order valence-electron chi connectivity index (χ1n) is 11.2. The van der Waals surface area contributed by atoms with E-state index in [1.807, 2.05) is 17.6 Å². The van der Waals surface area contributed by atoms with Gasteiger partial charge in [0, 0.05) is 38.6 Å². The Bertz CT molecular complexity index is 1170. The predicted molar refractivity (Wildman–Crippen MR) is 124 cm³/mol. The number of rotatable bonds is 4. The summed E-state index contributed by atoms with van der Waals surface area (Å²) in [5.74, 6) is 0.794. The summed E-state index contributed by atoms with van der Waals surface area (Å²) >= 11 is 1.36. The number of aromatic nitrogens is 2. The summed E-state index contributed by atoms with van der Waals surface area (Å²) in [4.78, 5) is 34.7. The fourth-order valence-electron chi connectivity index (χ4n) is 4.81. The Morgan fingerprint density at radius 1 is 1.19 bits per heavy atom. The van der Waals surface area contributed by atoms with Gasteiger partial charge < -0.3 is 5.32 Å². The number of carbonyl (C=O) groups is 1. The molecule has 1 unspecified atom stereocenters. The Labute approximate surface area is 185 Å². The molecular formula is C24H28N4O2S. The van der Waals surface area contributed by atoms with Crippen LogP contribution in [0.1, 0.15) is 52.3 Å². The molecule has 2 aliphatic heterocycles. The Morgan fingerprint density at radius 2 is 2.03 bits per heavy atom. The molecule has 5 rings (SSSR count). The number of thiophene rings is 1. The number of aryl methyl sites for hydroxylation is 2. The molecule has 31 heavy (non-hydrogen) atoms. The van der Waals surface area contributed by atoms with Gasteiger partial charge in [-0.05, 0) is 37.3 Å². The van der Waals surface area contributed by atoms with Crippen LogP contribution in [0.15, 0.2) is 35.1 Å². The van der Waals surface area contributed by atoms with Crippen LogP contribution in [-0.4, -0.2) is 39.5 Å². The second-order valence-corrected chi connectivity index (χ2v) is 9.71. The average molecular weight is 437 g/mol. The van der Waals surface area contributed by atoms with Crippen LogP contribution in [0.5, 0.6) is 0 Å². The molecule has 1 amide bonds. The van der Waals surface area contributed by atoms with E-state index in [-0.39, 0.29) is 17.5 Å². The third kappa shape index (κ3) is 4.04. The average Bonchev–Trinajstić information content (AvgIpc) is 3.24. The Hall–Kier alpha value is -2.51. The molecular weight excluding hydrogens is 408 g/mol. The van der Waals surface area contributed by atoms with E-state index in [0.717, 1.165) is 69.7 Å². The van der Waals surface area contributed by atoms with Crippen molar-refractivity contribution >= 4 is 27.5 Å². The van der Waals surface area contributed by atoms with Crippen LogP contribution >= 0.6 is 11.3 Å². The smallest absolute Gasteiger partial charge is 0.262 e. The zero-order chi connectivity index (χ0) is 21.4. The molecule has 162 valence electrons. The van der Waals surface area contributed by atoms with E-state index in [2.05, 4.69) is 34.5 Å². The molecule has 1 aromatic carbocycles. The summed E-state index contributed by atoms with van der Waals surface area (Å²) < 4.78 is 1.83. The van der Waals surface area contributed by atoms with Crippen molar-refractivity contribution in [1.82, 2.24) is 19.8 Å². The van der Waals surface area contributed by atoms with Gasteiger partial charge in [0.05, 0.1) is 10.3 Å². The van der Waals surface area contributed by atoms with Crippen molar-refractivity contribution < 1.29 is 4.79 Å². The molecule has 0 radical (unpaired) electrons. The van der Waals surface area contributed by atoms with E-state index in [1.54, 1.807) is 0 Å². The summed E-state index contributed by atoms with van der Waals surface area (Å²) in [6.45, 7) is 5.34. The van der Waals surface area contributed by atoms with Gasteiger partial charge in [0.25, 0.3) is 11.5 Å². The molecule has 1 N–H and O–H groups in total. The van der Waals surface area contributed by atoms with E-state index >= 15 is 0 Å². The summed E-state index contributed by atoms with van der Waals surface area (Å²) in [6.07, 6.45) is 4.99. The van der Waals surface area contributed by atoms with Crippen LogP contribution in [0.2, 0.25) is 0 Å². The normalized spacial score (nSPS) is 19.3. The van der Waals surface area contributed by atoms with Crippen LogP contribution in [-0.2, 0) is 19.5 Å².